The maximum atomic E-state index is 6.20. The molecule has 3 N–H and O–H groups in total. The molecular formula is C18H15Cl2N5. The molecule has 25 heavy (non-hydrogen) atoms. The molecule has 0 aliphatic heterocycles. The predicted molar refractivity (Wildman–Crippen MR) is 104 cm³/mol. The first-order valence-electron chi connectivity index (χ1n) is 7.54. The molecule has 3 rings (SSSR count). The molecule has 5 nitrogen and oxygen atoms in total. The number of nitrogens with two attached hydrogens (primary N) is 1. The van der Waals surface area contributed by atoms with Crippen LogP contribution in [0.15, 0.2) is 54.6 Å². The van der Waals surface area contributed by atoms with E-state index >= 15 is 0 Å². The highest BCUT2D eigenvalue weighted by atomic mass is 35.5. The normalized spacial score (nSPS) is 11.0. The molecule has 1 heterocycles. The van der Waals surface area contributed by atoms with Crippen LogP contribution in [0.2, 0.25) is 10.0 Å². The minimum atomic E-state index is 0.107. The van der Waals surface area contributed by atoms with Crippen molar-refractivity contribution < 1.29 is 0 Å². The number of hydrogen-bond donors (Lipinski definition) is 2. The zero-order chi connectivity index (χ0) is 17.6. The predicted octanol–water partition coefficient (Wildman–Crippen LogP) is 4.55. The molecule has 1 aromatic heterocycles. The number of anilines is 2. The molecule has 0 spiro atoms. The van der Waals surface area contributed by atoms with Crippen LogP contribution in [0.1, 0.15) is 5.56 Å². The molecule has 2 aromatic carbocycles. The third-order valence-corrected chi connectivity index (χ3v) is 3.87. The Morgan fingerprint density at radius 1 is 1.00 bits per heavy atom. The van der Waals surface area contributed by atoms with E-state index in [4.69, 9.17) is 28.9 Å². The number of halogens is 2. The van der Waals surface area contributed by atoms with Gasteiger partial charge in [0.1, 0.15) is 0 Å². The van der Waals surface area contributed by atoms with E-state index in [9.17, 15) is 0 Å². The third kappa shape index (κ3) is 4.68. The molecule has 0 saturated carbocycles. The van der Waals surface area contributed by atoms with E-state index in [1.807, 2.05) is 42.5 Å². The maximum absolute atomic E-state index is 6.20. The van der Waals surface area contributed by atoms with E-state index in [2.05, 4.69) is 20.3 Å². The molecule has 0 amide bonds. The topological polar surface area (TPSA) is 76.7 Å². The first-order valence-corrected chi connectivity index (χ1v) is 8.30. The van der Waals surface area contributed by atoms with E-state index < -0.39 is 0 Å². The minimum absolute atomic E-state index is 0.107. The van der Waals surface area contributed by atoms with Gasteiger partial charge >= 0.3 is 0 Å². The van der Waals surface area contributed by atoms with Gasteiger partial charge < -0.3 is 11.1 Å². The summed E-state index contributed by atoms with van der Waals surface area (Å²) in [7, 11) is 0. The van der Waals surface area contributed by atoms with Crippen LogP contribution in [-0.4, -0.2) is 21.5 Å². The van der Waals surface area contributed by atoms with Crippen LogP contribution in [0, 0.1) is 0 Å². The van der Waals surface area contributed by atoms with Crippen molar-refractivity contribution in [2.24, 2.45) is 0 Å². The number of nitrogen functional groups attached to an aromatic ring is 1. The van der Waals surface area contributed by atoms with E-state index in [1.54, 1.807) is 18.2 Å². The standard InChI is InChI=1S/C18H15Cl2N5/c19-13-8-9-15(20)14(11-13)16-23-17(21)25-18(24-16)22-10-4-7-12-5-2-1-3-6-12/h1-9,11H,10H2,(H3,21,22,23,24,25)/b7-4+. The fourth-order valence-electron chi connectivity index (χ4n) is 2.17. The van der Waals surface area contributed by atoms with Crippen molar-refractivity contribution >= 4 is 41.2 Å². The van der Waals surface area contributed by atoms with Crippen molar-refractivity contribution in [3.8, 4) is 11.4 Å². The van der Waals surface area contributed by atoms with Gasteiger partial charge in [-0.15, -0.1) is 0 Å². The fraction of sp³-hybridized carbons (Fsp3) is 0.0556. The fourth-order valence-corrected chi connectivity index (χ4v) is 2.54. The molecule has 0 atom stereocenters. The molecule has 0 unspecified atom stereocenters. The van der Waals surface area contributed by atoms with Gasteiger partial charge in [0.25, 0.3) is 0 Å². The zero-order valence-corrected chi connectivity index (χ0v) is 14.7. The van der Waals surface area contributed by atoms with Crippen LogP contribution in [0.4, 0.5) is 11.9 Å². The van der Waals surface area contributed by atoms with E-state index in [0.29, 0.717) is 33.9 Å². The lowest BCUT2D eigenvalue weighted by molar-refractivity contribution is 1.05. The highest BCUT2D eigenvalue weighted by Gasteiger charge is 2.10. The molecule has 3 aromatic rings. The van der Waals surface area contributed by atoms with Gasteiger partial charge in [-0.25, -0.2) is 0 Å². The molecule has 126 valence electrons. The van der Waals surface area contributed by atoms with Crippen molar-refractivity contribution in [1.82, 2.24) is 15.0 Å². The summed E-state index contributed by atoms with van der Waals surface area (Å²) in [6, 6.07) is 15.1. The lowest BCUT2D eigenvalue weighted by Crippen LogP contribution is -2.08. The van der Waals surface area contributed by atoms with Crippen LogP contribution in [-0.2, 0) is 0 Å². The first-order chi connectivity index (χ1) is 12.1. The molecule has 0 aliphatic carbocycles. The summed E-state index contributed by atoms with van der Waals surface area (Å²) in [5.41, 5.74) is 7.50. The van der Waals surface area contributed by atoms with Crippen molar-refractivity contribution in [3.05, 3.63) is 70.2 Å². The smallest absolute Gasteiger partial charge is 0.228 e. The van der Waals surface area contributed by atoms with Crippen LogP contribution in [0.3, 0.4) is 0 Å². The van der Waals surface area contributed by atoms with E-state index in [1.165, 1.54) is 0 Å². The van der Waals surface area contributed by atoms with Gasteiger partial charge in [0.15, 0.2) is 5.82 Å². The van der Waals surface area contributed by atoms with Crippen molar-refractivity contribution in [2.45, 2.75) is 0 Å². The second-order valence-corrected chi connectivity index (χ2v) is 6.00. The van der Waals surface area contributed by atoms with Crippen molar-refractivity contribution in [2.75, 3.05) is 17.6 Å². The van der Waals surface area contributed by atoms with Crippen LogP contribution in [0.5, 0.6) is 0 Å². The molecular weight excluding hydrogens is 357 g/mol. The summed E-state index contributed by atoms with van der Waals surface area (Å²) in [6.45, 7) is 0.543. The highest BCUT2D eigenvalue weighted by Crippen LogP contribution is 2.28. The summed E-state index contributed by atoms with van der Waals surface area (Å²) in [5.74, 6) is 0.848. The number of nitrogens with one attached hydrogen (secondary N) is 1. The molecule has 0 bridgehead atoms. The van der Waals surface area contributed by atoms with Crippen LogP contribution in [0.25, 0.3) is 17.5 Å². The Morgan fingerprint density at radius 3 is 2.60 bits per heavy atom. The molecule has 0 saturated heterocycles. The lowest BCUT2D eigenvalue weighted by atomic mass is 10.2. The van der Waals surface area contributed by atoms with Crippen molar-refractivity contribution in [1.29, 1.82) is 0 Å². The second kappa shape index (κ2) is 7.96. The Morgan fingerprint density at radius 2 is 1.80 bits per heavy atom. The maximum Gasteiger partial charge on any atom is 0.228 e. The molecule has 7 heteroatoms. The van der Waals surface area contributed by atoms with Crippen molar-refractivity contribution in [3.63, 3.8) is 0 Å². The van der Waals surface area contributed by atoms with E-state index in [0.717, 1.165) is 5.56 Å². The van der Waals surface area contributed by atoms with E-state index in [-0.39, 0.29) is 5.95 Å². The summed E-state index contributed by atoms with van der Waals surface area (Å²) < 4.78 is 0. The van der Waals surface area contributed by atoms with Crippen LogP contribution >= 0.6 is 23.2 Å². The third-order valence-electron chi connectivity index (χ3n) is 3.31. The monoisotopic (exact) mass is 371 g/mol. The Balaban J connectivity index is 1.76. The van der Waals surface area contributed by atoms with Gasteiger partial charge in [-0.05, 0) is 23.8 Å². The lowest BCUT2D eigenvalue weighted by Gasteiger charge is -2.07. The van der Waals surface area contributed by atoms with Gasteiger partial charge in [0.05, 0.1) is 5.02 Å². The second-order valence-electron chi connectivity index (χ2n) is 5.16. The Labute approximate surface area is 155 Å². The number of benzene rings is 2. The minimum Gasteiger partial charge on any atom is -0.368 e. The largest absolute Gasteiger partial charge is 0.368 e. The summed E-state index contributed by atoms with van der Waals surface area (Å²) >= 11 is 12.2. The van der Waals surface area contributed by atoms with Gasteiger partial charge in [-0.2, -0.15) is 15.0 Å². The quantitative estimate of drug-likeness (QED) is 0.687. The highest BCUT2D eigenvalue weighted by molar-refractivity contribution is 6.35. The molecule has 0 radical (unpaired) electrons. The average molecular weight is 372 g/mol. The Kier molecular flexibility index (Phi) is 5.48. The average Bonchev–Trinajstić information content (AvgIpc) is 2.61. The first kappa shape index (κ1) is 17.2. The number of nitrogens with zero attached hydrogens (tertiary/aromatic N) is 3. The number of aromatic nitrogens is 3. The molecule has 0 aliphatic rings. The van der Waals surface area contributed by atoms with Gasteiger partial charge in [-0.1, -0.05) is 65.7 Å². The Bertz CT molecular complexity index is 897. The number of rotatable bonds is 5. The summed E-state index contributed by atoms with van der Waals surface area (Å²) in [6.07, 6.45) is 3.98. The van der Waals surface area contributed by atoms with Gasteiger partial charge in [-0.3, -0.25) is 0 Å². The summed E-state index contributed by atoms with van der Waals surface area (Å²) in [4.78, 5) is 12.6. The number of hydrogen-bond acceptors (Lipinski definition) is 5. The van der Waals surface area contributed by atoms with Gasteiger partial charge in [0, 0.05) is 17.1 Å². The van der Waals surface area contributed by atoms with Gasteiger partial charge in [0.2, 0.25) is 11.9 Å². The SMILES string of the molecule is Nc1nc(NC/C=C/c2ccccc2)nc(-c2cc(Cl)ccc2Cl)n1. The summed E-state index contributed by atoms with van der Waals surface area (Å²) in [5, 5.41) is 4.13. The van der Waals surface area contributed by atoms with Crippen LogP contribution < -0.4 is 11.1 Å². The Hall–Kier alpha value is -2.63. The zero-order valence-electron chi connectivity index (χ0n) is 13.2. The molecule has 0 fully saturated rings.